The van der Waals surface area contributed by atoms with E-state index in [-0.39, 0.29) is 18.3 Å². The predicted molar refractivity (Wildman–Crippen MR) is 52.4 cm³/mol. The van der Waals surface area contributed by atoms with Gasteiger partial charge in [0.25, 0.3) is 5.91 Å². The van der Waals surface area contributed by atoms with Crippen molar-refractivity contribution in [2.45, 2.75) is 13.1 Å². The molecule has 0 bridgehead atoms. The van der Waals surface area contributed by atoms with Crippen LogP contribution in [0, 0.1) is 0 Å². The first-order chi connectivity index (χ1) is 6.33. The van der Waals surface area contributed by atoms with Crippen LogP contribution < -0.4 is 10.6 Å². The highest BCUT2D eigenvalue weighted by Crippen LogP contribution is 2.05. The fraction of sp³-hybridized carbons (Fsp3) is 0.571. The minimum atomic E-state index is -0.138. The molecule has 0 saturated heterocycles. The third-order valence-corrected chi connectivity index (χ3v) is 1.99. The molecule has 0 aromatic carbocycles. The Kier molecular flexibility index (Phi) is 3.43. The second-order valence-electron chi connectivity index (χ2n) is 2.88. The molecule has 78 valence electrons. The lowest BCUT2D eigenvalue weighted by Gasteiger charge is -2.15. The number of carbonyl (C=O) groups is 1. The van der Waals surface area contributed by atoms with Gasteiger partial charge in [-0.25, -0.2) is 0 Å². The van der Waals surface area contributed by atoms with Crippen LogP contribution in [0.4, 0.5) is 0 Å². The van der Waals surface area contributed by atoms with E-state index in [2.05, 4.69) is 20.8 Å². The molecule has 0 spiro atoms. The summed E-state index contributed by atoms with van der Waals surface area (Å²) in [6, 6.07) is 0. The SMILES string of the molecule is CNCc1nnc2n1CCNC2=O.Cl. The molecule has 2 heterocycles. The normalized spacial score (nSPS) is 14.2. The van der Waals surface area contributed by atoms with Gasteiger partial charge in [0.15, 0.2) is 0 Å². The third kappa shape index (κ3) is 1.71. The number of nitrogens with one attached hydrogen (secondary N) is 2. The molecule has 1 aliphatic heterocycles. The van der Waals surface area contributed by atoms with Crippen molar-refractivity contribution in [3.63, 3.8) is 0 Å². The van der Waals surface area contributed by atoms with Gasteiger partial charge in [0, 0.05) is 13.1 Å². The molecule has 0 aliphatic carbocycles. The molecular formula is C7H12ClN5O. The number of rotatable bonds is 2. The molecule has 2 rings (SSSR count). The summed E-state index contributed by atoms with van der Waals surface area (Å²) in [5, 5.41) is 13.4. The Morgan fingerprint density at radius 2 is 2.36 bits per heavy atom. The van der Waals surface area contributed by atoms with Crippen LogP contribution in [0.1, 0.15) is 16.4 Å². The highest BCUT2D eigenvalue weighted by Gasteiger charge is 2.21. The van der Waals surface area contributed by atoms with Crippen molar-refractivity contribution in [2.75, 3.05) is 13.6 Å². The standard InChI is InChI=1S/C7H11N5O.ClH/c1-8-4-5-10-11-6-7(13)9-2-3-12(5)6;/h8H,2-4H2,1H3,(H,9,13);1H. The molecule has 0 unspecified atom stereocenters. The minimum absolute atomic E-state index is 0. The molecule has 1 aromatic rings. The number of hydrogen-bond donors (Lipinski definition) is 2. The second kappa shape index (κ2) is 4.39. The second-order valence-corrected chi connectivity index (χ2v) is 2.88. The average molecular weight is 218 g/mol. The summed E-state index contributed by atoms with van der Waals surface area (Å²) in [6.07, 6.45) is 0. The van der Waals surface area contributed by atoms with E-state index < -0.39 is 0 Å². The average Bonchev–Trinajstić information content (AvgIpc) is 2.51. The summed E-state index contributed by atoms with van der Waals surface area (Å²) in [7, 11) is 1.84. The van der Waals surface area contributed by atoms with Crippen molar-refractivity contribution in [1.82, 2.24) is 25.4 Å². The number of hydrogen-bond acceptors (Lipinski definition) is 4. The van der Waals surface area contributed by atoms with Crippen LogP contribution in [0.5, 0.6) is 0 Å². The fourth-order valence-corrected chi connectivity index (χ4v) is 1.39. The van der Waals surface area contributed by atoms with Crippen molar-refractivity contribution in [2.24, 2.45) is 0 Å². The summed E-state index contributed by atoms with van der Waals surface area (Å²) in [5.74, 6) is 1.09. The van der Waals surface area contributed by atoms with Gasteiger partial charge in [0.05, 0.1) is 6.54 Å². The molecule has 0 atom stereocenters. The number of nitrogens with zero attached hydrogens (tertiary/aromatic N) is 3. The maximum atomic E-state index is 11.2. The van der Waals surface area contributed by atoms with E-state index in [1.807, 2.05) is 11.6 Å². The van der Waals surface area contributed by atoms with Crippen molar-refractivity contribution in [3.05, 3.63) is 11.6 Å². The van der Waals surface area contributed by atoms with Gasteiger partial charge >= 0.3 is 0 Å². The first kappa shape index (κ1) is 10.9. The maximum Gasteiger partial charge on any atom is 0.289 e. The lowest BCUT2D eigenvalue weighted by molar-refractivity contribution is 0.0921. The zero-order valence-electron chi connectivity index (χ0n) is 7.78. The van der Waals surface area contributed by atoms with Crippen molar-refractivity contribution >= 4 is 18.3 Å². The van der Waals surface area contributed by atoms with Gasteiger partial charge in [-0.1, -0.05) is 0 Å². The van der Waals surface area contributed by atoms with E-state index >= 15 is 0 Å². The minimum Gasteiger partial charge on any atom is -0.348 e. The Morgan fingerprint density at radius 3 is 3.07 bits per heavy atom. The van der Waals surface area contributed by atoms with Gasteiger partial charge in [-0.15, -0.1) is 22.6 Å². The van der Waals surface area contributed by atoms with E-state index in [0.717, 1.165) is 12.4 Å². The first-order valence-electron chi connectivity index (χ1n) is 4.18. The molecule has 1 aromatic heterocycles. The zero-order valence-corrected chi connectivity index (χ0v) is 8.60. The highest BCUT2D eigenvalue weighted by atomic mass is 35.5. The maximum absolute atomic E-state index is 11.2. The Balaban J connectivity index is 0.000000980. The van der Waals surface area contributed by atoms with Crippen LogP contribution in [0.15, 0.2) is 0 Å². The van der Waals surface area contributed by atoms with E-state index in [4.69, 9.17) is 0 Å². The van der Waals surface area contributed by atoms with Gasteiger partial charge in [-0.05, 0) is 7.05 Å². The van der Waals surface area contributed by atoms with Crippen molar-refractivity contribution in [1.29, 1.82) is 0 Å². The van der Waals surface area contributed by atoms with Crippen LogP contribution in [-0.2, 0) is 13.1 Å². The summed E-state index contributed by atoms with van der Waals surface area (Å²) in [4.78, 5) is 11.2. The Hall–Kier alpha value is -1.14. The van der Waals surface area contributed by atoms with Gasteiger partial charge in [0.1, 0.15) is 5.82 Å². The van der Waals surface area contributed by atoms with Crippen molar-refractivity contribution < 1.29 is 4.79 Å². The Bertz CT molecular complexity index is 337. The number of aromatic nitrogens is 3. The van der Waals surface area contributed by atoms with Gasteiger partial charge in [-0.3, -0.25) is 4.79 Å². The summed E-state index contributed by atoms with van der Waals surface area (Å²) in [5.41, 5.74) is 0. The topological polar surface area (TPSA) is 71.8 Å². The van der Waals surface area contributed by atoms with E-state index in [1.165, 1.54) is 0 Å². The van der Waals surface area contributed by atoms with Crippen LogP contribution >= 0.6 is 12.4 Å². The molecular weight excluding hydrogens is 206 g/mol. The number of fused-ring (bicyclic) bond motifs is 1. The number of amides is 1. The van der Waals surface area contributed by atoms with E-state index in [9.17, 15) is 4.79 Å². The van der Waals surface area contributed by atoms with E-state index in [0.29, 0.717) is 18.9 Å². The third-order valence-electron chi connectivity index (χ3n) is 1.99. The molecule has 0 saturated carbocycles. The fourth-order valence-electron chi connectivity index (χ4n) is 1.39. The Morgan fingerprint density at radius 1 is 1.57 bits per heavy atom. The van der Waals surface area contributed by atoms with Crippen LogP contribution in [0.3, 0.4) is 0 Å². The Labute approximate surface area is 87.5 Å². The monoisotopic (exact) mass is 217 g/mol. The quantitative estimate of drug-likeness (QED) is 0.678. The van der Waals surface area contributed by atoms with Crippen LogP contribution in [0.2, 0.25) is 0 Å². The van der Waals surface area contributed by atoms with Gasteiger partial charge in [-0.2, -0.15) is 0 Å². The lowest BCUT2D eigenvalue weighted by atomic mass is 10.4. The molecule has 0 radical (unpaired) electrons. The molecule has 6 nitrogen and oxygen atoms in total. The molecule has 14 heavy (non-hydrogen) atoms. The zero-order chi connectivity index (χ0) is 9.26. The summed E-state index contributed by atoms with van der Waals surface area (Å²) in [6.45, 7) is 2.05. The lowest BCUT2D eigenvalue weighted by Crippen LogP contribution is -2.36. The summed E-state index contributed by atoms with van der Waals surface area (Å²) >= 11 is 0. The summed E-state index contributed by atoms with van der Waals surface area (Å²) < 4.78 is 1.84. The van der Waals surface area contributed by atoms with Crippen molar-refractivity contribution in [3.8, 4) is 0 Å². The number of carbonyl (C=O) groups excluding carboxylic acids is 1. The smallest absolute Gasteiger partial charge is 0.289 e. The highest BCUT2D eigenvalue weighted by molar-refractivity contribution is 5.91. The number of halogens is 1. The van der Waals surface area contributed by atoms with Gasteiger partial charge in [0.2, 0.25) is 5.82 Å². The van der Waals surface area contributed by atoms with Gasteiger partial charge < -0.3 is 15.2 Å². The molecule has 2 N–H and O–H groups in total. The molecule has 1 aliphatic rings. The molecule has 7 heteroatoms. The van der Waals surface area contributed by atoms with Crippen LogP contribution in [-0.4, -0.2) is 34.3 Å². The van der Waals surface area contributed by atoms with Crippen LogP contribution in [0.25, 0.3) is 0 Å². The van der Waals surface area contributed by atoms with E-state index in [1.54, 1.807) is 0 Å². The predicted octanol–water partition coefficient (Wildman–Crippen LogP) is -0.837. The first-order valence-corrected chi connectivity index (χ1v) is 4.18. The molecule has 0 fully saturated rings. The largest absolute Gasteiger partial charge is 0.348 e. The molecule has 1 amide bonds.